The van der Waals surface area contributed by atoms with Crippen molar-refractivity contribution in [3.05, 3.63) is 30.3 Å². The van der Waals surface area contributed by atoms with Crippen LogP contribution >= 0.6 is 0 Å². The molecule has 0 aliphatic carbocycles. The number of ether oxygens (including phenoxy) is 2. The first-order valence-corrected chi connectivity index (χ1v) is 12.6. The molecular weight excluding hydrogens is 458 g/mol. The van der Waals surface area contributed by atoms with E-state index in [2.05, 4.69) is 9.71 Å². The summed E-state index contributed by atoms with van der Waals surface area (Å²) in [5.74, 6) is 0.689. The number of nitrogens with zero attached hydrogens (tertiary/aromatic N) is 2. The normalized spacial score (nSPS) is 12.2. The van der Waals surface area contributed by atoms with E-state index in [9.17, 15) is 13.2 Å². The number of likely N-dealkylation sites (N-methyl/N-ethyl adjacent to an activating group) is 1. The Morgan fingerprint density at radius 2 is 1.74 bits per heavy atom. The van der Waals surface area contributed by atoms with Crippen molar-refractivity contribution in [2.45, 2.75) is 43.5 Å². The van der Waals surface area contributed by atoms with E-state index >= 15 is 0 Å². The number of amides is 1. The molecule has 11 heteroatoms. The van der Waals surface area contributed by atoms with Gasteiger partial charge in [0.25, 0.3) is 0 Å². The fourth-order valence-corrected chi connectivity index (χ4v) is 4.74. The Bertz CT molecular complexity index is 1120. The van der Waals surface area contributed by atoms with Crippen molar-refractivity contribution < 1.29 is 22.7 Å². The van der Waals surface area contributed by atoms with E-state index in [1.54, 1.807) is 36.2 Å². The van der Waals surface area contributed by atoms with Crippen LogP contribution in [0.2, 0.25) is 0 Å². The molecule has 0 saturated carbocycles. The lowest BCUT2D eigenvalue weighted by atomic mass is 10.1. The molecule has 34 heavy (non-hydrogen) atoms. The highest BCUT2D eigenvalue weighted by molar-refractivity contribution is 7.89. The summed E-state index contributed by atoms with van der Waals surface area (Å²) in [5.41, 5.74) is 10.7. The van der Waals surface area contributed by atoms with Crippen molar-refractivity contribution >= 4 is 32.7 Å². The summed E-state index contributed by atoms with van der Waals surface area (Å²) >= 11 is 0. The van der Waals surface area contributed by atoms with Gasteiger partial charge >= 0.3 is 0 Å². The molecule has 10 nitrogen and oxygen atoms in total. The molecule has 1 atom stereocenters. The van der Waals surface area contributed by atoms with Crippen LogP contribution in [0.5, 0.6) is 11.5 Å². The number of guanidine groups is 1. The second-order valence-electron chi connectivity index (χ2n) is 7.95. The zero-order chi connectivity index (χ0) is 25.3. The van der Waals surface area contributed by atoms with Crippen LogP contribution in [0.4, 0.5) is 0 Å². The Kier molecular flexibility index (Phi) is 9.94. The SMILES string of the molecule is CCCCN(C)C(=O)C(CCCN=C(N)N)NS(=O)(=O)c1ccc2cc(OC)c(OC)cc2c1. The van der Waals surface area contributed by atoms with Crippen LogP contribution in [-0.4, -0.2) is 65.6 Å². The second kappa shape index (κ2) is 12.4. The van der Waals surface area contributed by atoms with Crippen LogP contribution in [0.3, 0.4) is 0 Å². The molecule has 0 aliphatic heterocycles. The minimum atomic E-state index is -3.99. The van der Waals surface area contributed by atoms with Crippen LogP contribution in [0, 0.1) is 0 Å². The van der Waals surface area contributed by atoms with Crippen LogP contribution in [0.1, 0.15) is 32.6 Å². The maximum atomic E-state index is 13.2. The number of sulfonamides is 1. The molecule has 2 aromatic rings. The van der Waals surface area contributed by atoms with Crippen molar-refractivity contribution in [3.8, 4) is 11.5 Å². The van der Waals surface area contributed by atoms with E-state index in [1.165, 1.54) is 20.3 Å². The van der Waals surface area contributed by atoms with Gasteiger partial charge in [-0.05, 0) is 54.3 Å². The van der Waals surface area contributed by atoms with Gasteiger partial charge in [-0.2, -0.15) is 4.72 Å². The average molecular weight is 494 g/mol. The molecule has 1 unspecified atom stereocenters. The Labute approximate surface area is 201 Å². The van der Waals surface area contributed by atoms with Gasteiger partial charge in [0.1, 0.15) is 6.04 Å². The summed E-state index contributed by atoms with van der Waals surface area (Å²) in [6.07, 6.45) is 2.44. The topological polar surface area (TPSA) is 149 Å². The molecule has 0 spiro atoms. The smallest absolute Gasteiger partial charge is 0.241 e. The third kappa shape index (κ3) is 7.22. The van der Waals surface area contributed by atoms with Crippen molar-refractivity contribution in [2.75, 3.05) is 34.4 Å². The Morgan fingerprint density at radius 3 is 2.32 bits per heavy atom. The largest absolute Gasteiger partial charge is 0.493 e. The molecule has 0 bridgehead atoms. The van der Waals surface area contributed by atoms with E-state index in [0.717, 1.165) is 18.2 Å². The van der Waals surface area contributed by atoms with Gasteiger partial charge in [-0.25, -0.2) is 8.42 Å². The predicted molar refractivity (Wildman–Crippen MR) is 134 cm³/mol. The van der Waals surface area contributed by atoms with E-state index < -0.39 is 16.1 Å². The molecule has 0 heterocycles. The maximum Gasteiger partial charge on any atom is 0.241 e. The number of hydrogen-bond donors (Lipinski definition) is 3. The lowest BCUT2D eigenvalue weighted by molar-refractivity contribution is -0.131. The number of fused-ring (bicyclic) bond motifs is 1. The van der Waals surface area contributed by atoms with E-state index in [4.69, 9.17) is 20.9 Å². The highest BCUT2D eigenvalue weighted by Gasteiger charge is 2.28. The van der Waals surface area contributed by atoms with Crippen molar-refractivity contribution in [2.24, 2.45) is 16.5 Å². The van der Waals surface area contributed by atoms with Gasteiger partial charge in [0, 0.05) is 20.1 Å². The third-order valence-corrected chi connectivity index (χ3v) is 6.86. The maximum absolute atomic E-state index is 13.2. The van der Waals surface area contributed by atoms with Gasteiger partial charge in [0.2, 0.25) is 15.9 Å². The predicted octanol–water partition coefficient (Wildman–Crippen LogP) is 1.82. The van der Waals surface area contributed by atoms with Crippen LogP contribution in [0.15, 0.2) is 40.2 Å². The van der Waals surface area contributed by atoms with Gasteiger partial charge < -0.3 is 25.8 Å². The number of benzene rings is 2. The first-order chi connectivity index (χ1) is 16.1. The van der Waals surface area contributed by atoms with E-state index in [-0.39, 0.29) is 23.2 Å². The number of carbonyl (C=O) groups excluding carboxylic acids is 1. The molecule has 0 saturated heterocycles. The molecule has 0 aromatic heterocycles. The van der Waals surface area contributed by atoms with Crippen LogP contribution in [-0.2, 0) is 14.8 Å². The Balaban J connectivity index is 2.32. The van der Waals surface area contributed by atoms with Gasteiger partial charge in [-0.3, -0.25) is 9.79 Å². The van der Waals surface area contributed by atoms with Crippen LogP contribution in [0.25, 0.3) is 10.8 Å². The summed E-state index contributed by atoms with van der Waals surface area (Å²) in [7, 11) is 0.727. The molecular formula is C23H35N5O5S. The molecule has 0 radical (unpaired) electrons. The molecule has 1 amide bonds. The second-order valence-corrected chi connectivity index (χ2v) is 9.67. The van der Waals surface area contributed by atoms with Gasteiger partial charge in [-0.15, -0.1) is 0 Å². The number of carbonyl (C=O) groups is 1. The van der Waals surface area contributed by atoms with Gasteiger partial charge in [-0.1, -0.05) is 19.4 Å². The molecule has 2 aromatic carbocycles. The molecule has 5 N–H and O–H groups in total. The standard InChI is InChI=1S/C23H35N5O5S/c1-5-6-12-28(2)22(29)19(8-7-11-26-23(24)25)27-34(30,31)18-10-9-16-14-20(32-3)21(33-4)15-17(16)13-18/h9-10,13-15,19,27H,5-8,11-12H2,1-4H3,(H4,24,25,26). The average Bonchev–Trinajstić information content (AvgIpc) is 2.82. The fraction of sp³-hybridized carbons (Fsp3) is 0.478. The summed E-state index contributed by atoms with van der Waals surface area (Å²) in [4.78, 5) is 18.6. The number of hydrogen-bond acceptors (Lipinski definition) is 6. The lowest BCUT2D eigenvalue weighted by Gasteiger charge is -2.24. The highest BCUT2D eigenvalue weighted by Crippen LogP contribution is 2.33. The summed E-state index contributed by atoms with van der Waals surface area (Å²) < 4.78 is 39.7. The van der Waals surface area contributed by atoms with E-state index in [0.29, 0.717) is 36.4 Å². The number of methoxy groups -OCH3 is 2. The zero-order valence-electron chi connectivity index (χ0n) is 20.2. The minimum absolute atomic E-state index is 0.0467. The number of rotatable bonds is 13. The summed E-state index contributed by atoms with van der Waals surface area (Å²) in [5, 5.41) is 1.46. The molecule has 2 rings (SSSR count). The van der Waals surface area contributed by atoms with Crippen molar-refractivity contribution in [1.29, 1.82) is 0 Å². The quantitative estimate of drug-likeness (QED) is 0.219. The third-order valence-electron chi connectivity index (χ3n) is 5.39. The van der Waals surface area contributed by atoms with Crippen molar-refractivity contribution in [1.82, 2.24) is 9.62 Å². The number of aliphatic imine (C=N–C) groups is 1. The molecule has 0 fully saturated rings. The number of nitrogens with one attached hydrogen (secondary N) is 1. The van der Waals surface area contributed by atoms with Crippen molar-refractivity contribution in [3.63, 3.8) is 0 Å². The highest BCUT2D eigenvalue weighted by atomic mass is 32.2. The summed E-state index contributed by atoms with van der Waals surface area (Å²) in [6, 6.07) is 7.27. The first-order valence-electron chi connectivity index (χ1n) is 11.1. The first kappa shape index (κ1) is 27.2. The number of nitrogens with two attached hydrogens (primary N) is 2. The minimum Gasteiger partial charge on any atom is -0.493 e. The van der Waals surface area contributed by atoms with Crippen LogP contribution < -0.4 is 25.7 Å². The summed E-state index contributed by atoms with van der Waals surface area (Å²) in [6.45, 7) is 2.86. The Hall–Kier alpha value is -3.05. The zero-order valence-corrected chi connectivity index (χ0v) is 21.0. The molecule has 0 aliphatic rings. The number of unbranched alkanes of at least 4 members (excludes halogenated alkanes) is 1. The van der Waals surface area contributed by atoms with E-state index in [1.807, 2.05) is 6.92 Å². The molecule has 188 valence electrons. The monoisotopic (exact) mass is 493 g/mol. The van der Waals surface area contributed by atoms with Gasteiger partial charge in [0.05, 0.1) is 19.1 Å². The van der Waals surface area contributed by atoms with Gasteiger partial charge in [0.15, 0.2) is 17.5 Å². The lowest BCUT2D eigenvalue weighted by Crippen LogP contribution is -2.47. The Morgan fingerprint density at radius 1 is 1.09 bits per heavy atom. The fourth-order valence-electron chi connectivity index (χ4n) is 3.48.